The van der Waals surface area contributed by atoms with Crippen LogP contribution in [-0.4, -0.2) is 16.1 Å². The minimum atomic E-state index is -1.00. The van der Waals surface area contributed by atoms with Gasteiger partial charge in [-0.1, -0.05) is 30.3 Å². The van der Waals surface area contributed by atoms with Gasteiger partial charge in [0.25, 0.3) is 0 Å². The number of rotatable bonds is 6. The summed E-state index contributed by atoms with van der Waals surface area (Å²) >= 11 is 2.16. The SMILES string of the molecule is C/C=C(/C(=O)O)c1ccccc1Oc1cccc(Oc2ncccc2I)c1. The molecule has 0 saturated carbocycles. The number of nitrogens with zero attached hydrogens (tertiary/aromatic N) is 1. The number of aromatic nitrogens is 1. The number of aliphatic carboxylic acids is 1. The van der Waals surface area contributed by atoms with Gasteiger partial charge in [-0.25, -0.2) is 9.78 Å². The van der Waals surface area contributed by atoms with Crippen LogP contribution in [0.3, 0.4) is 0 Å². The van der Waals surface area contributed by atoms with Gasteiger partial charge in [0.05, 0.1) is 9.14 Å². The van der Waals surface area contributed by atoms with Crippen LogP contribution in [0.1, 0.15) is 12.5 Å². The van der Waals surface area contributed by atoms with E-state index in [9.17, 15) is 9.90 Å². The Bertz CT molecular complexity index is 1000. The van der Waals surface area contributed by atoms with Crippen LogP contribution in [0.25, 0.3) is 5.57 Å². The molecule has 0 amide bonds. The lowest BCUT2D eigenvalue weighted by atomic mass is 10.0. The number of para-hydroxylation sites is 1. The van der Waals surface area contributed by atoms with Gasteiger partial charge >= 0.3 is 5.97 Å². The molecular weight excluding hydrogens is 457 g/mol. The van der Waals surface area contributed by atoms with Gasteiger partial charge in [0, 0.05) is 17.8 Å². The Morgan fingerprint density at radius 1 is 1.04 bits per heavy atom. The Morgan fingerprint density at radius 2 is 1.78 bits per heavy atom. The van der Waals surface area contributed by atoms with Crippen molar-refractivity contribution < 1.29 is 19.4 Å². The monoisotopic (exact) mass is 473 g/mol. The second-order valence-corrected chi connectivity index (χ2v) is 6.64. The summed E-state index contributed by atoms with van der Waals surface area (Å²) < 4.78 is 12.7. The molecule has 6 heteroatoms. The Balaban J connectivity index is 1.88. The summed E-state index contributed by atoms with van der Waals surface area (Å²) in [5.41, 5.74) is 0.694. The molecule has 1 aromatic heterocycles. The third-order valence-corrected chi connectivity index (χ3v) is 4.49. The molecule has 2 aromatic carbocycles. The summed E-state index contributed by atoms with van der Waals surface area (Å²) in [6.45, 7) is 1.68. The third-order valence-electron chi connectivity index (χ3n) is 3.67. The topological polar surface area (TPSA) is 68.7 Å². The highest BCUT2D eigenvalue weighted by Gasteiger charge is 2.15. The van der Waals surface area contributed by atoms with Gasteiger partial charge in [0.1, 0.15) is 17.2 Å². The van der Waals surface area contributed by atoms with Crippen molar-refractivity contribution in [3.05, 3.63) is 82.1 Å². The molecule has 3 rings (SSSR count). The fourth-order valence-electron chi connectivity index (χ4n) is 2.46. The molecule has 5 nitrogen and oxygen atoms in total. The molecule has 1 N–H and O–H groups in total. The van der Waals surface area contributed by atoms with Gasteiger partial charge in [-0.05, 0) is 59.8 Å². The van der Waals surface area contributed by atoms with Crippen molar-refractivity contribution in [3.63, 3.8) is 0 Å². The smallest absolute Gasteiger partial charge is 0.336 e. The quantitative estimate of drug-likeness (QED) is 0.364. The molecule has 0 aliphatic heterocycles. The second-order valence-electron chi connectivity index (χ2n) is 5.47. The van der Waals surface area contributed by atoms with Gasteiger partial charge in [-0.15, -0.1) is 0 Å². The van der Waals surface area contributed by atoms with Gasteiger partial charge in [-0.3, -0.25) is 0 Å². The molecular formula is C21H16INO4. The van der Waals surface area contributed by atoms with Crippen molar-refractivity contribution in [1.82, 2.24) is 4.98 Å². The van der Waals surface area contributed by atoms with E-state index >= 15 is 0 Å². The lowest BCUT2D eigenvalue weighted by Crippen LogP contribution is -2.01. The van der Waals surface area contributed by atoms with Crippen molar-refractivity contribution in [2.45, 2.75) is 6.92 Å². The second kappa shape index (κ2) is 8.68. The van der Waals surface area contributed by atoms with E-state index in [-0.39, 0.29) is 5.57 Å². The van der Waals surface area contributed by atoms with Crippen LogP contribution in [0.5, 0.6) is 23.1 Å². The van der Waals surface area contributed by atoms with Crippen molar-refractivity contribution in [2.24, 2.45) is 0 Å². The molecule has 136 valence electrons. The molecule has 0 saturated heterocycles. The predicted octanol–water partition coefficient (Wildman–Crippen LogP) is 5.76. The summed E-state index contributed by atoms with van der Waals surface area (Å²) in [6, 6.07) is 17.9. The minimum absolute atomic E-state index is 0.182. The standard InChI is InChI=1S/C21H16INO4/c1-2-16(21(24)25)17-9-3-4-11-19(17)26-14-7-5-8-15(13-14)27-20-18(22)10-6-12-23-20/h2-13H,1H3,(H,24,25)/b16-2+. The number of allylic oxidation sites excluding steroid dienone is 1. The predicted molar refractivity (Wildman–Crippen MR) is 111 cm³/mol. The average molecular weight is 473 g/mol. The van der Waals surface area contributed by atoms with E-state index in [0.717, 1.165) is 3.57 Å². The number of carboxylic acid groups (broad SMARTS) is 1. The highest BCUT2D eigenvalue weighted by Crippen LogP contribution is 2.33. The maximum Gasteiger partial charge on any atom is 0.336 e. The minimum Gasteiger partial charge on any atom is -0.478 e. The first-order valence-electron chi connectivity index (χ1n) is 8.14. The van der Waals surface area contributed by atoms with Crippen LogP contribution < -0.4 is 9.47 Å². The molecule has 1 heterocycles. The van der Waals surface area contributed by atoms with Crippen molar-refractivity contribution >= 4 is 34.1 Å². The van der Waals surface area contributed by atoms with Crippen molar-refractivity contribution in [1.29, 1.82) is 0 Å². The first-order chi connectivity index (χ1) is 13.1. The van der Waals surface area contributed by atoms with Crippen LogP contribution in [0.15, 0.2) is 72.9 Å². The summed E-state index contributed by atoms with van der Waals surface area (Å²) in [4.78, 5) is 15.7. The van der Waals surface area contributed by atoms with E-state index in [0.29, 0.717) is 28.7 Å². The Labute approximate surface area is 170 Å². The summed E-state index contributed by atoms with van der Waals surface area (Å²) in [5.74, 6) is 1.07. The van der Waals surface area contributed by atoms with E-state index in [2.05, 4.69) is 27.6 Å². The maximum atomic E-state index is 11.5. The van der Waals surface area contributed by atoms with E-state index in [1.807, 2.05) is 12.1 Å². The Hall–Kier alpha value is -2.87. The lowest BCUT2D eigenvalue weighted by molar-refractivity contribution is -0.130. The van der Waals surface area contributed by atoms with Crippen molar-refractivity contribution in [2.75, 3.05) is 0 Å². The zero-order valence-electron chi connectivity index (χ0n) is 14.4. The number of carbonyl (C=O) groups is 1. The Kier molecular flexibility index (Phi) is 6.08. The largest absolute Gasteiger partial charge is 0.478 e. The molecule has 0 radical (unpaired) electrons. The highest BCUT2D eigenvalue weighted by molar-refractivity contribution is 14.1. The normalized spacial score (nSPS) is 11.1. The lowest BCUT2D eigenvalue weighted by Gasteiger charge is -2.13. The van der Waals surface area contributed by atoms with Crippen molar-refractivity contribution in [3.8, 4) is 23.1 Å². The van der Waals surface area contributed by atoms with E-state index in [1.165, 1.54) is 0 Å². The molecule has 0 spiro atoms. The zero-order valence-corrected chi connectivity index (χ0v) is 16.6. The van der Waals surface area contributed by atoms with Gasteiger partial charge in [-0.2, -0.15) is 0 Å². The maximum absolute atomic E-state index is 11.5. The zero-order chi connectivity index (χ0) is 19.2. The summed E-state index contributed by atoms with van der Waals surface area (Å²) in [5, 5.41) is 9.40. The number of ether oxygens (including phenoxy) is 2. The molecule has 3 aromatic rings. The first kappa shape index (κ1) is 18.9. The summed E-state index contributed by atoms with van der Waals surface area (Å²) in [7, 11) is 0. The van der Waals surface area contributed by atoms with E-state index in [4.69, 9.17) is 9.47 Å². The number of hydrogen-bond donors (Lipinski definition) is 1. The molecule has 0 aliphatic carbocycles. The van der Waals surface area contributed by atoms with Crippen LogP contribution in [0, 0.1) is 3.57 Å². The van der Waals surface area contributed by atoms with E-state index < -0.39 is 5.97 Å². The number of benzene rings is 2. The number of carboxylic acids is 1. The van der Waals surface area contributed by atoms with Crippen LogP contribution in [0.4, 0.5) is 0 Å². The van der Waals surface area contributed by atoms with Crippen LogP contribution >= 0.6 is 22.6 Å². The Morgan fingerprint density at radius 3 is 2.48 bits per heavy atom. The molecule has 0 unspecified atom stereocenters. The van der Waals surface area contributed by atoms with Crippen LogP contribution in [0.2, 0.25) is 0 Å². The number of halogens is 1. The fraction of sp³-hybridized carbons (Fsp3) is 0.0476. The first-order valence-corrected chi connectivity index (χ1v) is 9.21. The van der Waals surface area contributed by atoms with Crippen LogP contribution in [-0.2, 0) is 4.79 Å². The molecule has 0 atom stereocenters. The molecule has 0 fully saturated rings. The summed E-state index contributed by atoms with van der Waals surface area (Å²) in [6.07, 6.45) is 3.21. The van der Waals surface area contributed by atoms with Gasteiger partial charge < -0.3 is 14.6 Å². The number of pyridine rings is 1. The number of hydrogen-bond acceptors (Lipinski definition) is 4. The average Bonchev–Trinajstić information content (AvgIpc) is 2.66. The van der Waals surface area contributed by atoms with Gasteiger partial charge in [0.15, 0.2) is 0 Å². The fourth-order valence-corrected chi connectivity index (χ4v) is 2.92. The van der Waals surface area contributed by atoms with Gasteiger partial charge in [0.2, 0.25) is 5.88 Å². The molecule has 27 heavy (non-hydrogen) atoms. The third kappa shape index (κ3) is 4.65. The highest BCUT2D eigenvalue weighted by atomic mass is 127. The molecule has 0 bridgehead atoms. The van der Waals surface area contributed by atoms with E-state index in [1.54, 1.807) is 67.7 Å². The molecule has 0 aliphatic rings.